The van der Waals surface area contributed by atoms with Crippen LogP contribution >= 0.6 is 0 Å². The van der Waals surface area contributed by atoms with E-state index < -0.39 is 11.7 Å². The number of fused-ring (bicyclic) bond motifs is 3. The van der Waals surface area contributed by atoms with Crippen LogP contribution in [-0.2, 0) is 6.18 Å². The number of para-hydroxylation sites is 1. The number of hydrogen-bond acceptors (Lipinski definition) is 2. The molecule has 5 heteroatoms. The number of nitrogens with two attached hydrogens (primary N) is 1. The van der Waals surface area contributed by atoms with Gasteiger partial charge in [0.2, 0.25) is 0 Å². The molecule has 120 valence electrons. The largest absolute Gasteiger partial charge is 0.456 e. The zero-order valence-corrected chi connectivity index (χ0v) is 12.4. The molecule has 4 aromatic rings. The van der Waals surface area contributed by atoms with Crippen LogP contribution in [-0.4, -0.2) is 0 Å². The summed E-state index contributed by atoms with van der Waals surface area (Å²) in [5.41, 5.74) is 6.80. The Labute approximate surface area is 135 Å². The lowest BCUT2D eigenvalue weighted by atomic mass is 9.97. The van der Waals surface area contributed by atoms with E-state index >= 15 is 0 Å². The number of anilines is 1. The number of alkyl halides is 3. The second kappa shape index (κ2) is 5.03. The van der Waals surface area contributed by atoms with E-state index in [0.717, 1.165) is 16.8 Å². The molecule has 0 saturated carbocycles. The summed E-state index contributed by atoms with van der Waals surface area (Å²) in [6.07, 6.45) is -4.47. The third-order valence-corrected chi connectivity index (χ3v) is 4.04. The van der Waals surface area contributed by atoms with Crippen LogP contribution in [0.25, 0.3) is 33.1 Å². The summed E-state index contributed by atoms with van der Waals surface area (Å²) in [6.45, 7) is 0. The molecule has 0 radical (unpaired) electrons. The number of rotatable bonds is 1. The van der Waals surface area contributed by atoms with Gasteiger partial charge in [0.25, 0.3) is 0 Å². The fourth-order valence-corrected chi connectivity index (χ4v) is 2.94. The normalized spacial score (nSPS) is 12.1. The maximum Gasteiger partial charge on any atom is 0.417 e. The summed E-state index contributed by atoms with van der Waals surface area (Å²) in [5.74, 6) is 0. The first kappa shape index (κ1) is 14.6. The molecular formula is C19H12F3NO. The maximum absolute atomic E-state index is 13.3. The van der Waals surface area contributed by atoms with E-state index in [9.17, 15) is 13.2 Å². The SMILES string of the molecule is Nc1ccc(-c2ccc3oc4ccccc4c3c2)c(C(F)(F)F)c1. The highest BCUT2D eigenvalue weighted by atomic mass is 19.4. The molecular weight excluding hydrogens is 315 g/mol. The van der Waals surface area contributed by atoms with Crippen LogP contribution in [0.2, 0.25) is 0 Å². The number of furan rings is 1. The number of halogens is 3. The van der Waals surface area contributed by atoms with E-state index in [2.05, 4.69) is 0 Å². The molecule has 0 aliphatic heterocycles. The fourth-order valence-electron chi connectivity index (χ4n) is 2.94. The lowest BCUT2D eigenvalue weighted by Crippen LogP contribution is -2.08. The third kappa shape index (κ3) is 2.29. The van der Waals surface area contributed by atoms with Gasteiger partial charge in [-0.25, -0.2) is 0 Å². The summed E-state index contributed by atoms with van der Waals surface area (Å²) < 4.78 is 45.8. The zero-order chi connectivity index (χ0) is 16.9. The van der Waals surface area contributed by atoms with Crippen molar-refractivity contribution in [3.05, 3.63) is 66.2 Å². The zero-order valence-electron chi connectivity index (χ0n) is 12.4. The maximum atomic E-state index is 13.3. The number of hydrogen-bond donors (Lipinski definition) is 1. The minimum Gasteiger partial charge on any atom is -0.456 e. The molecule has 0 unspecified atom stereocenters. The Morgan fingerprint density at radius 1 is 0.792 bits per heavy atom. The van der Waals surface area contributed by atoms with Gasteiger partial charge in [0, 0.05) is 16.5 Å². The average Bonchev–Trinajstić information content (AvgIpc) is 2.92. The smallest absolute Gasteiger partial charge is 0.417 e. The quantitative estimate of drug-likeness (QED) is 0.445. The minimum absolute atomic E-state index is 0.0842. The van der Waals surface area contributed by atoms with Gasteiger partial charge in [-0.05, 0) is 41.5 Å². The van der Waals surface area contributed by atoms with Crippen LogP contribution < -0.4 is 5.73 Å². The summed E-state index contributed by atoms with van der Waals surface area (Å²) in [7, 11) is 0. The molecule has 0 bridgehead atoms. The summed E-state index contributed by atoms with van der Waals surface area (Å²) in [4.78, 5) is 0. The highest BCUT2D eigenvalue weighted by Gasteiger charge is 2.34. The second-order valence-corrected chi connectivity index (χ2v) is 5.61. The van der Waals surface area contributed by atoms with Gasteiger partial charge in [-0.2, -0.15) is 13.2 Å². The van der Waals surface area contributed by atoms with Crippen LogP contribution in [0.1, 0.15) is 5.56 Å². The topological polar surface area (TPSA) is 39.2 Å². The van der Waals surface area contributed by atoms with Gasteiger partial charge in [0.05, 0.1) is 5.56 Å². The lowest BCUT2D eigenvalue weighted by molar-refractivity contribution is -0.137. The van der Waals surface area contributed by atoms with Crippen molar-refractivity contribution in [1.82, 2.24) is 0 Å². The van der Waals surface area contributed by atoms with E-state index in [1.807, 2.05) is 24.3 Å². The van der Waals surface area contributed by atoms with Gasteiger partial charge in [-0.15, -0.1) is 0 Å². The molecule has 0 atom stereocenters. The van der Waals surface area contributed by atoms with E-state index in [4.69, 9.17) is 10.2 Å². The monoisotopic (exact) mass is 327 g/mol. The van der Waals surface area contributed by atoms with Gasteiger partial charge in [-0.1, -0.05) is 30.3 Å². The highest BCUT2D eigenvalue weighted by Crippen LogP contribution is 2.40. The Morgan fingerprint density at radius 2 is 1.54 bits per heavy atom. The fraction of sp³-hybridized carbons (Fsp3) is 0.0526. The van der Waals surface area contributed by atoms with Crippen molar-refractivity contribution in [1.29, 1.82) is 0 Å². The van der Waals surface area contributed by atoms with E-state index in [1.54, 1.807) is 18.2 Å². The van der Waals surface area contributed by atoms with E-state index in [0.29, 0.717) is 16.7 Å². The van der Waals surface area contributed by atoms with Crippen molar-refractivity contribution in [3.63, 3.8) is 0 Å². The van der Waals surface area contributed by atoms with Crippen molar-refractivity contribution in [2.24, 2.45) is 0 Å². The van der Waals surface area contributed by atoms with Crippen LogP contribution in [0.3, 0.4) is 0 Å². The summed E-state index contributed by atoms with van der Waals surface area (Å²) in [6, 6.07) is 16.3. The molecule has 1 aromatic heterocycles. The molecule has 0 amide bonds. The second-order valence-electron chi connectivity index (χ2n) is 5.61. The van der Waals surface area contributed by atoms with Gasteiger partial charge in [0.15, 0.2) is 0 Å². The van der Waals surface area contributed by atoms with Crippen molar-refractivity contribution >= 4 is 27.6 Å². The molecule has 2 N–H and O–H groups in total. The van der Waals surface area contributed by atoms with Crippen LogP contribution in [0, 0.1) is 0 Å². The minimum atomic E-state index is -4.47. The van der Waals surface area contributed by atoms with Gasteiger partial charge >= 0.3 is 6.18 Å². The van der Waals surface area contributed by atoms with Crippen molar-refractivity contribution in [2.45, 2.75) is 6.18 Å². The first-order chi connectivity index (χ1) is 11.4. The van der Waals surface area contributed by atoms with Crippen LogP contribution in [0.5, 0.6) is 0 Å². The molecule has 4 rings (SSSR count). The van der Waals surface area contributed by atoms with Crippen LogP contribution in [0.4, 0.5) is 18.9 Å². The summed E-state index contributed by atoms with van der Waals surface area (Å²) >= 11 is 0. The Kier molecular flexibility index (Phi) is 3.06. The molecule has 0 saturated heterocycles. The van der Waals surface area contributed by atoms with E-state index in [1.165, 1.54) is 12.1 Å². The molecule has 1 heterocycles. The Bertz CT molecular complexity index is 1060. The lowest BCUT2D eigenvalue weighted by Gasteiger charge is -2.14. The summed E-state index contributed by atoms with van der Waals surface area (Å²) in [5, 5.41) is 1.66. The molecule has 24 heavy (non-hydrogen) atoms. The Morgan fingerprint density at radius 3 is 2.33 bits per heavy atom. The highest BCUT2D eigenvalue weighted by molar-refractivity contribution is 6.06. The molecule has 2 nitrogen and oxygen atoms in total. The Balaban J connectivity index is 1.99. The van der Waals surface area contributed by atoms with Crippen molar-refractivity contribution < 1.29 is 17.6 Å². The number of benzene rings is 3. The average molecular weight is 327 g/mol. The molecule has 0 spiro atoms. The first-order valence-corrected chi connectivity index (χ1v) is 7.32. The van der Waals surface area contributed by atoms with Gasteiger partial charge in [-0.3, -0.25) is 0 Å². The van der Waals surface area contributed by atoms with Crippen molar-refractivity contribution in [3.8, 4) is 11.1 Å². The predicted molar refractivity (Wildman–Crippen MR) is 88.6 cm³/mol. The molecule has 0 fully saturated rings. The molecule has 0 aliphatic rings. The first-order valence-electron chi connectivity index (χ1n) is 7.32. The van der Waals surface area contributed by atoms with Gasteiger partial charge in [0.1, 0.15) is 11.2 Å². The molecule has 0 aliphatic carbocycles. The molecule has 3 aromatic carbocycles. The third-order valence-electron chi connectivity index (χ3n) is 4.04. The predicted octanol–water partition coefficient (Wildman–Crippen LogP) is 5.85. The Hall–Kier alpha value is -2.95. The van der Waals surface area contributed by atoms with Gasteiger partial charge < -0.3 is 10.2 Å². The van der Waals surface area contributed by atoms with Crippen molar-refractivity contribution in [2.75, 3.05) is 5.73 Å². The number of nitrogen functional groups attached to an aromatic ring is 1. The standard InChI is InChI=1S/C19H12F3NO/c20-19(21,22)16-10-12(23)6-7-13(16)11-5-8-18-15(9-11)14-3-1-2-4-17(14)24-18/h1-10H,23H2. The van der Waals surface area contributed by atoms with Crippen LogP contribution in [0.15, 0.2) is 65.1 Å². The van der Waals surface area contributed by atoms with E-state index in [-0.39, 0.29) is 11.3 Å².